The van der Waals surface area contributed by atoms with Crippen molar-refractivity contribution in [1.29, 1.82) is 0 Å². The van der Waals surface area contributed by atoms with Gasteiger partial charge in [-0.3, -0.25) is 0 Å². The van der Waals surface area contributed by atoms with Crippen LogP contribution >= 0.6 is 11.6 Å². The first-order valence-corrected chi connectivity index (χ1v) is 4.59. The summed E-state index contributed by atoms with van der Waals surface area (Å²) < 4.78 is 5.19. The smallest absolute Gasteiger partial charge is 0.181 e. The molecule has 0 saturated carbocycles. The normalized spacial score (nSPS) is 11.4. The zero-order chi connectivity index (χ0) is 9.42. The lowest BCUT2D eigenvalue weighted by Gasteiger charge is -2.06. The predicted octanol–water partition coefficient (Wildman–Crippen LogP) is 3.60. The van der Waals surface area contributed by atoms with Crippen LogP contribution in [0.15, 0.2) is 22.9 Å². The van der Waals surface area contributed by atoms with E-state index >= 15 is 0 Å². The maximum atomic E-state index is 6.07. The van der Waals surface area contributed by atoms with Gasteiger partial charge in [-0.15, -0.1) is 0 Å². The van der Waals surface area contributed by atoms with E-state index in [0.717, 1.165) is 21.7 Å². The molecule has 2 aromatic rings. The molecule has 0 N–H and O–H groups in total. The SMILES string of the molecule is CC(C)c1cc2ocnc2cc1Cl. The van der Waals surface area contributed by atoms with Crippen LogP contribution in [-0.4, -0.2) is 4.98 Å². The van der Waals surface area contributed by atoms with Gasteiger partial charge in [0.05, 0.1) is 0 Å². The van der Waals surface area contributed by atoms with Gasteiger partial charge in [0, 0.05) is 5.02 Å². The third kappa shape index (κ3) is 1.42. The molecular weight excluding hydrogens is 186 g/mol. The molecule has 0 unspecified atom stereocenters. The van der Waals surface area contributed by atoms with E-state index in [0.29, 0.717) is 5.92 Å². The standard InChI is InChI=1S/C10H10ClNO/c1-6(2)7-3-10-9(4-8(7)11)12-5-13-10/h3-6H,1-2H3. The lowest BCUT2D eigenvalue weighted by molar-refractivity contribution is 0.601. The fourth-order valence-corrected chi connectivity index (χ4v) is 1.71. The average molecular weight is 196 g/mol. The first-order valence-electron chi connectivity index (χ1n) is 4.21. The quantitative estimate of drug-likeness (QED) is 0.695. The van der Waals surface area contributed by atoms with Gasteiger partial charge in [0.1, 0.15) is 5.52 Å². The maximum absolute atomic E-state index is 6.07. The minimum Gasteiger partial charge on any atom is -0.443 e. The van der Waals surface area contributed by atoms with Gasteiger partial charge < -0.3 is 4.42 Å². The largest absolute Gasteiger partial charge is 0.443 e. The highest BCUT2D eigenvalue weighted by Crippen LogP contribution is 2.28. The minimum atomic E-state index is 0.405. The van der Waals surface area contributed by atoms with Gasteiger partial charge in [0.25, 0.3) is 0 Å². The Hall–Kier alpha value is -1.02. The van der Waals surface area contributed by atoms with Gasteiger partial charge in [0.15, 0.2) is 12.0 Å². The number of oxazole rings is 1. The van der Waals surface area contributed by atoms with Crippen LogP contribution in [0, 0.1) is 0 Å². The molecule has 0 aliphatic heterocycles. The molecule has 0 saturated heterocycles. The molecule has 3 heteroatoms. The Bertz CT molecular complexity index is 433. The molecule has 1 aromatic heterocycles. The zero-order valence-corrected chi connectivity index (χ0v) is 8.30. The second-order valence-electron chi connectivity index (χ2n) is 3.35. The molecule has 1 heterocycles. The molecule has 0 aliphatic carbocycles. The van der Waals surface area contributed by atoms with Crippen LogP contribution in [-0.2, 0) is 0 Å². The van der Waals surface area contributed by atoms with Crippen molar-refractivity contribution in [2.75, 3.05) is 0 Å². The molecule has 2 nitrogen and oxygen atoms in total. The van der Waals surface area contributed by atoms with Crippen molar-refractivity contribution in [1.82, 2.24) is 4.98 Å². The van der Waals surface area contributed by atoms with Crippen LogP contribution in [0.25, 0.3) is 11.1 Å². The summed E-state index contributed by atoms with van der Waals surface area (Å²) in [6.07, 6.45) is 1.44. The molecule has 1 aromatic carbocycles. The molecule has 0 amide bonds. The lowest BCUT2D eigenvalue weighted by Crippen LogP contribution is -1.88. The first kappa shape index (κ1) is 8.57. The van der Waals surface area contributed by atoms with E-state index in [2.05, 4.69) is 18.8 Å². The van der Waals surface area contributed by atoms with Gasteiger partial charge in [-0.2, -0.15) is 0 Å². The number of halogens is 1. The van der Waals surface area contributed by atoms with E-state index in [4.69, 9.17) is 16.0 Å². The fraction of sp³-hybridized carbons (Fsp3) is 0.300. The summed E-state index contributed by atoms with van der Waals surface area (Å²) in [7, 11) is 0. The molecule has 0 bridgehead atoms. The van der Waals surface area contributed by atoms with E-state index < -0.39 is 0 Å². The van der Waals surface area contributed by atoms with E-state index in [1.165, 1.54) is 6.39 Å². The van der Waals surface area contributed by atoms with E-state index in [-0.39, 0.29) is 0 Å². The Balaban J connectivity index is 2.69. The summed E-state index contributed by atoms with van der Waals surface area (Å²) in [6, 6.07) is 3.80. The number of aromatic nitrogens is 1. The summed E-state index contributed by atoms with van der Waals surface area (Å²) in [5, 5.41) is 0.761. The van der Waals surface area contributed by atoms with Crippen LogP contribution in [0.5, 0.6) is 0 Å². The number of benzene rings is 1. The van der Waals surface area contributed by atoms with Crippen LogP contribution in [0.4, 0.5) is 0 Å². The molecule has 0 atom stereocenters. The van der Waals surface area contributed by atoms with Crippen molar-refractivity contribution in [3.63, 3.8) is 0 Å². The Labute approximate surface area is 81.5 Å². The average Bonchev–Trinajstić information content (AvgIpc) is 2.48. The number of rotatable bonds is 1. The topological polar surface area (TPSA) is 26.0 Å². The molecule has 0 radical (unpaired) electrons. The Morgan fingerprint density at radius 3 is 2.85 bits per heavy atom. The van der Waals surface area contributed by atoms with Gasteiger partial charge in [-0.1, -0.05) is 25.4 Å². The Morgan fingerprint density at radius 2 is 2.15 bits per heavy atom. The molecule has 0 fully saturated rings. The minimum absolute atomic E-state index is 0.405. The van der Waals surface area contributed by atoms with Gasteiger partial charge in [-0.05, 0) is 23.6 Å². The second kappa shape index (κ2) is 3.04. The lowest BCUT2D eigenvalue weighted by atomic mass is 10.0. The summed E-state index contributed by atoms with van der Waals surface area (Å²) >= 11 is 6.07. The fourth-order valence-electron chi connectivity index (χ4n) is 1.34. The van der Waals surface area contributed by atoms with E-state index in [9.17, 15) is 0 Å². The summed E-state index contributed by atoms with van der Waals surface area (Å²) in [4.78, 5) is 4.03. The maximum Gasteiger partial charge on any atom is 0.181 e. The van der Waals surface area contributed by atoms with Crippen molar-refractivity contribution >= 4 is 22.7 Å². The number of fused-ring (bicyclic) bond motifs is 1. The molecule has 68 valence electrons. The monoisotopic (exact) mass is 195 g/mol. The summed E-state index contributed by atoms with van der Waals surface area (Å²) in [5.41, 5.74) is 2.72. The number of hydrogen-bond donors (Lipinski definition) is 0. The van der Waals surface area contributed by atoms with Crippen molar-refractivity contribution < 1.29 is 4.42 Å². The van der Waals surface area contributed by atoms with Crippen LogP contribution in [0.2, 0.25) is 5.02 Å². The van der Waals surface area contributed by atoms with Crippen molar-refractivity contribution in [2.45, 2.75) is 19.8 Å². The van der Waals surface area contributed by atoms with Crippen molar-refractivity contribution in [3.05, 3.63) is 29.1 Å². The molecule has 13 heavy (non-hydrogen) atoms. The van der Waals surface area contributed by atoms with Crippen molar-refractivity contribution in [2.24, 2.45) is 0 Å². The van der Waals surface area contributed by atoms with E-state index in [1.807, 2.05) is 12.1 Å². The van der Waals surface area contributed by atoms with Gasteiger partial charge >= 0.3 is 0 Å². The molecule has 0 aliphatic rings. The summed E-state index contributed by atoms with van der Waals surface area (Å²) in [5.74, 6) is 0.405. The van der Waals surface area contributed by atoms with Crippen molar-refractivity contribution in [3.8, 4) is 0 Å². The second-order valence-corrected chi connectivity index (χ2v) is 3.76. The van der Waals surface area contributed by atoms with Gasteiger partial charge in [-0.25, -0.2) is 4.98 Å². The predicted molar refractivity (Wildman–Crippen MR) is 53.1 cm³/mol. The van der Waals surface area contributed by atoms with Crippen LogP contribution in [0.1, 0.15) is 25.3 Å². The van der Waals surface area contributed by atoms with Gasteiger partial charge in [0.2, 0.25) is 0 Å². The molecule has 0 spiro atoms. The highest BCUT2D eigenvalue weighted by molar-refractivity contribution is 6.32. The highest BCUT2D eigenvalue weighted by Gasteiger charge is 2.08. The third-order valence-corrected chi connectivity index (χ3v) is 2.40. The van der Waals surface area contributed by atoms with Crippen LogP contribution in [0.3, 0.4) is 0 Å². The summed E-state index contributed by atoms with van der Waals surface area (Å²) in [6.45, 7) is 4.20. The molecule has 2 rings (SSSR count). The van der Waals surface area contributed by atoms with Crippen LogP contribution < -0.4 is 0 Å². The Kier molecular flexibility index (Phi) is 2.00. The first-order chi connectivity index (χ1) is 6.18. The number of hydrogen-bond acceptors (Lipinski definition) is 2. The Morgan fingerprint density at radius 1 is 1.38 bits per heavy atom. The third-order valence-electron chi connectivity index (χ3n) is 2.07. The number of nitrogens with zero attached hydrogens (tertiary/aromatic N) is 1. The zero-order valence-electron chi connectivity index (χ0n) is 7.54. The molecular formula is C10H10ClNO. The van der Waals surface area contributed by atoms with E-state index in [1.54, 1.807) is 0 Å². The highest BCUT2D eigenvalue weighted by atomic mass is 35.5.